The van der Waals surface area contributed by atoms with E-state index in [0.717, 1.165) is 0 Å². The van der Waals surface area contributed by atoms with Gasteiger partial charge in [0.25, 0.3) is 10.2 Å². The highest BCUT2D eigenvalue weighted by atomic mass is 32.2. The molecule has 17 heavy (non-hydrogen) atoms. The van der Waals surface area contributed by atoms with Crippen molar-refractivity contribution >= 4 is 16.0 Å². The van der Waals surface area contributed by atoms with E-state index >= 15 is 0 Å². The van der Waals surface area contributed by atoms with Crippen LogP contribution in [0.1, 0.15) is 26.7 Å². The third kappa shape index (κ3) is 2.70. The number of nitrogens with zero attached hydrogens (tertiary/aromatic N) is 3. The Hall–Kier alpha value is -0.860. The molecule has 100 valence electrons. The van der Waals surface area contributed by atoms with E-state index in [4.69, 9.17) is 10.9 Å². The first-order valence-corrected chi connectivity index (χ1v) is 6.94. The summed E-state index contributed by atoms with van der Waals surface area (Å²) >= 11 is 0. The second kappa shape index (κ2) is 5.19. The van der Waals surface area contributed by atoms with Crippen molar-refractivity contribution < 1.29 is 13.6 Å². The SMILES string of the molecule is CC(C)N(C)S(=O)(=O)N1CCCC1C(N)=NO. The molecule has 1 atom stereocenters. The van der Waals surface area contributed by atoms with Gasteiger partial charge in [-0.1, -0.05) is 5.16 Å². The summed E-state index contributed by atoms with van der Waals surface area (Å²) in [7, 11) is -2.02. The van der Waals surface area contributed by atoms with Crippen LogP contribution in [0.4, 0.5) is 0 Å². The van der Waals surface area contributed by atoms with Crippen LogP contribution in [-0.4, -0.2) is 53.7 Å². The highest BCUT2D eigenvalue weighted by Crippen LogP contribution is 2.23. The Morgan fingerprint density at radius 2 is 2.18 bits per heavy atom. The van der Waals surface area contributed by atoms with E-state index in [2.05, 4.69) is 5.16 Å². The Kier molecular flexibility index (Phi) is 4.34. The maximum Gasteiger partial charge on any atom is 0.282 e. The Labute approximate surface area is 102 Å². The van der Waals surface area contributed by atoms with Crippen molar-refractivity contribution in [2.45, 2.75) is 38.8 Å². The van der Waals surface area contributed by atoms with Gasteiger partial charge in [-0.25, -0.2) is 0 Å². The van der Waals surface area contributed by atoms with Gasteiger partial charge in [0, 0.05) is 19.6 Å². The Morgan fingerprint density at radius 3 is 2.65 bits per heavy atom. The van der Waals surface area contributed by atoms with Crippen LogP contribution < -0.4 is 5.73 Å². The van der Waals surface area contributed by atoms with Crippen LogP contribution in [0.25, 0.3) is 0 Å². The molecule has 1 fully saturated rings. The molecule has 1 heterocycles. The topological polar surface area (TPSA) is 99.2 Å². The molecule has 1 rings (SSSR count). The number of nitrogens with two attached hydrogens (primary N) is 1. The molecular weight excluding hydrogens is 244 g/mol. The van der Waals surface area contributed by atoms with Gasteiger partial charge in [-0.05, 0) is 26.7 Å². The quantitative estimate of drug-likeness (QED) is 0.317. The van der Waals surface area contributed by atoms with Gasteiger partial charge in [0.15, 0.2) is 5.84 Å². The van der Waals surface area contributed by atoms with E-state index < -0.39 is 16.3 Å². The summed E-state index contributed by atoms with van der Waals surface area (Å²) in [5.74, 6) is -0.0526. The molecule has 0 aromatic heterocycles. The summed E-state index contributed by atoms with van der Waals surface area (Å²) in [4.78, 5) is 0. The number of amidine groups is 1. The summed E-state index contributed by atoms with van der Waals surface area (Å²) in [5.41, 5.74) is 5.52. The first-order chi connectivity index (χ1) is 7.82. The molecular formula is C9H20N4O3S. The zero-order chi connectivity index (χ0) is 13.2. The van der Waals surface area contributed by atoms with Crippen molar-refractivity contribution in [3.63, 3.8) is 0 Å². The largest absolute Gasteiger partial charge is 0.409 e. The van der Waals surface area contributed by atoms with Crippen molar-refractivity contribution in [1.29, 1.82) is 0 Å². The summed E-state index contributed by atoms with van der Waals surface area (Å²) in [6.45, 7) is 4.00. The molecule has 0 aliphatic carbocycles. The van der Waals surface area contributed by atoms with Crippen LogP contribution in [-0.2, 0) is 10.2 Å². The Morgan fingerprint density at radius 1 is 1.59 bits per heavy atom. The van der Waals surface area contributed by atoms with Crippen molar-refractivity contribution in [3.05, 3.63) is 0 Å². The van der Waals surface area contributed by atoms with E-state index in [1.54, 1.807) is 13.8 Å². The van der Waals surface area contributed by atoms with Gasteiger partial charge in [0.1, 0.15) is 0 Å². The predicted octanol–water partition coefficient (Wildman–Crippen LogP) is -0.218. The molecule has 0 aromatic rings. The number of hydrogen-bond acceptors (Lipinski definition) is 4. The van der Waals surface area contributed by atoms with Crippen LogP contribution in [0.5, 0.6) is 0 Å². The minimum atomic E-state index is -3.55. The van der Waals surface area contributed by atoms with Gasteiger partial charge >= 0.3 is 0 Å². The number of oxime groups is 1. The van der Waals surface area contributed by atoms with Crippen molar-refractivity contribution in [1.82, 2.24) is 8.61 Å². The fourth-order valence-electron chi connectivity index (χ4n) is 1.81. The standard InChI is InChI=1S/C9H20N4O3S/c1-7(2)12(3)17(15,16)13-6-4-5-8(13)9(10)11-14/h7-8,14H,4-6H2,1-3H3,(H2,10,11). The fourth-order valence-corrected chi connectivity index (χ4v) is 3.57. The molecule has 7 nitrogen and oxygen atoms in total. The molecule has 0 bridgehead atoms. The monoisotopic (exact) mass is 264 g/mol. The average Bonchev–Trinajstić information content (AvgIpc) is 2.76. The Balaban J connectivity index is 2.99. The summed E-state index contributed by atoms with van der Waals surface area (Å²) < 4.78 is 27.1. The van der Waals surface area contributed by atoms with Crippen LogP contribution in [0.3, 0.4) is 0 Å². The van der Waals surface area contributed by atoms with Crippen molar-refractivity contribution in [2.75, 3.05) is 13.6 Å². The van der Waals surface area contributed by atoms with Crippen LogP contribution >= 0.6 is 0 Å². The lowest BCUT2D eigenvalue weighted by Gasteiger charge is -2.30. The Bertz CT molecular complexity index is 393. The van der Waals surface area contributed by atoms with Gasteiger partial charge in [0.2, 0.25) is 0 Å². The van der Waals surface area contributed by atoms with E-state index in [-0.39, 0.29) is 11.9 Å². The fraction of sp³-hybridized carbons (Fsp3) is 0.889. The van der Waals surface area contributed by atoms with Crippen molar-refractivity contribution in [3.8, 4) is 0 Å². The van der Waals surface area contributed by atoms with Gasteiger partial charge in [0.05, 0.1) is 6.04 Å². The van der Waals surface area contributed by atoms with Gasteiger partial charge in [-0.3, -0.25) is 0 Å². The van der Waals surface area contributed by atoms with Crippen LogP contribution in [0, 0.1) is 0 Å². The first-order valence-electron chi connectivity index (χ1n) is 5.54. The lowest BCUT2D eigenvalue weighted by atomic mass is 10.2. The van der Waals surface area contributed by atoms with Gasteiger partial charge < -0.3 is 10.9 Å². The smallest absolute Gasteiger partial charge is 0.282 e. The predicted molar refractivity (Wildman–Crippen MR) is 65.0 cm³/mol. The van der Waals surface area contributed by atoms with E-state index in [1.165, 1.54) is 15.7 Å². The highest BCUT2D eigenvalue weighted by Gasteiger charge is 2.39. The highest BCUT2D eigenvalue weighted by molar-refractivity contribution is 7.86. The third-order valence-corrected chi connectivity index (χ3v) is 5.23. The molecule has 1 aliphatic heterocycles. The first kappa shape index (κ1) is 14.2. The molecule has 3 N–H and O–H groups in total. The minimum Gasteiger partial charge on any atom is -0.409 e. The van der Waals surface area contributed by atoms with Gasteiger partial charge in [-0.2, -0.15) is 17.0 Å². The maximum absolute atomic E-state index is 12.3. The molecule has 0 radical (unpaired) electrons. The van der Waals surface area contributed by atoms with E-state index in [1.807, 2.05) is 0 Å². The molecule has 1 aliphatic rings. The normalized spacial score (nSPS) is 23.8. The van der Waals surface area contributed by atoms with Crippen molar-refractivity contribution in [2.24, 2.45) is 10.9 Å². The second-order valence-electron chi connectivity index (χ2n) is 4.41. The van der Waals surface area contributed by atoms with Crippen LogP contribution in [0.15, 0.2) is 5.16 Å². The third-order valence-electron chi connectivity index (χ3n) is 3.05. The molecule has 8 heteroatoms. The maximum atomic E-state index is 12.3. The average molecular weight is 264 g/mol. The van der Waals surface area contributed by atoms with E-state index in [0.29, 0.717) is 19.4 Å². The van der Waals surface area contributed by atoms with Crippen LogP contribution in [0.2, 0.25) is 0 Å². The molecule has 0 amide bonds. The lowest BCUT2D eigenvalue weighted by Crippen LogP contribution is -2.50. The molecule has 1 saturated heterocycles. The van der Waals surface area contributed by atoms with Gasteiger partial charge in [-0.15, -0.1) is 0 Å². The summed E-state index contributed by atoms with van der Waals surface area (Å²) in [6.07, 6.45) is 1.30. The number of hydrogen-bond donors (Lipinski definition) is 2. The zero-order valence-corrected chi connectivity index (χ0v) is 11.2. The molecule has 0 spiro atoms. The molecule has 0 saturated carbocycles. The second-order valence-corrected chi connectivity index (χ2v) is 6.35. The molecule has 0 aromatic carbocycles. The number of rotatable bonds is 4. The van der Waals surface area contributed by atoms with E-state index in [9.17, 15) is 8.42 Å². The molecule has 1 unspecified atom stereocenters. The summed E-state index contributed by atoms with van der Waals surface area (Å²) in [5, 5.41) is 11.6. The lowest BCUT2D eigenvalue weighted by molar-refractivity contribution is 0.307. The zero-order valence-electron chi connectivity index (χ0n) is 10.4. The minimum absolute atomic E-state index is 0.0526. The summed E-state index contributed by atoms with van der Waals surface area (Å²) in [6, 6.07) is -0.667.